The molecule has 2 aliphatic heterocycles. The van der Waals surface area contributed by atoms with Crippen molar-refractivity contribution in [3.63, 3.8) is 0 Å². The third kappa shape index (κ3) is 3.51. The Kier molecular flexibility index (Phi) is 4.03. The van der Waals surface area contributed by atoms with Crippen LogP contribution in [-0.4, -0.2) is 19.8 Å². The van der Waals surface area contributed by atoms with Gasteiger partial charge in [0.15, 0.2) is 0 Å². The highest BCUT2D eigenvalue weighted by molar-refractivity contribution is 4.78. The standard InChI is InChI=1S/C4H8O.C4H6O/c2*1-2-4-5-3-1/h1-4H2;1,3H,2,4H2. The van der Waals surface area contributed by atoms with Gasteiger partial charge in [0.1, 0.15) is 0 Å². The largest absolute Gasteiger partial charge is 0.501 e. The van der Waals surface area contributed by atoms with E-state index >= 15 is 0 Å². The van der Waals surface area contributed by atoms with Gasteiger partial charge in [-0.25, -0.2) is 0 Å². The number of hydrogen-bond acceptors (Lipinski definition) is 2. The van der Waals surface area contributed by atoms with Crippen LogP contribution in [0.3, 0.4) is 0 Å². The van der Waals surface area contributed by atoms with Gasteiger partial charge in [0.05, 0.1) is 12.9 Å². The van der Waals surface area contributed by atoms with Crippen molar-refractivity contribution < 1.29 is 9.47 Å². The summed E-state index contributed by atoms with van der Waals surface area (Å²) in [5.41, 5.74) is 0. The predicted octanol–water partition coefficient (Wildman–Crippen LogP) is 1.72. The van der Waals surface area contributed by atoms with E-state index in [1.54, 1.807) is 6.26 Å². The summed E-state index contributed by atoms with van der Waals surface area (Å²) in [6, 6.07) is 0. The van der Waals surface area contributed by atoms with Crippen LogP contribution < -0.4 is 0 Å². The second-order valence-corrected chi connectivity index (χ2v) is 2.35. The lowest BCUT2D eigenvalue weighted by molar-refractivity contribution is 0.198. The molecule has 0 bridgehead atoms. The summed E-state index contributed by atoms with van der Waals surface area (Å²) in [4.78, 5) is 0. The summed E-state index contributed by atoms with van der Waals surface area (Å²) in [7, 11) is 0. The summed E-state index contributed by atoms with van der Waals surface area (Å²) < 4.78 is 9.71. The minimum Gasteiger partial charge on any atom is -0.501 e. The summed E-state index contributed by atoms with van der Waals surface area (Å²) >= 11 is 0. The Morgan fingerprint density at radius 2 is 1.80 bits per heavy atom. The lowest BCUT2D eigenvalue weighted by Gasteiger charge is -1.79. The second-order valence-electron chi connectivity index (χ2n) is 2.35. The Balaban J connectivity index is 0.0000001000. The van der Waals surface area contributed by atoms with Crippen LogP contribution in [0, 0.1) is 0 Å². The molecular weight excluding hydrogens is 128 g/mol. The van der Waals surface area contributed by atoms with E-state index in [1.807, 2.05) is 6.08 Å². The van der Waals surface area contributed by atoms with Gasteiger partial charge >= 0.3 is 0 Å². The third-order valence-corrected chi connectivity index (χ3v) is 1.42. The van der Waals surface area contributed by atoms with Crippen LogP contribution in [0.2, 0.25) is 0 Å². The van der Waals surface area contributed by atoms with Crippen LogP contribution in [0.4, 0.5) is 0 Å². The smallest absolute Gasteiger partial charge is 0.0908 e. The maximum absolute atomic E-state index is 4.94. The van der Waals surface area contributed by atoms with Crippen molar-refractivity contribution in [2.75, 3.05) is 19.8 Å². The molecule has 2 nitrogen and oxygen atoms in total. The average Bonchev–Trinajstić information content (AvgIpc) is 2.67. The van der Waals surface area contributed by atoms with Crippen molar-refractivity contribution in [3.05, 3.63) is 12.3 Å². The van der Waals surface area contributed by atoms with Gasteiger partial charge < -0.3 is 9.47 Å². The molecule has 58 valence electrons. The van der Waals surface area contributed by atoms with Gasteiger partial charge in [-0.15, -0.1) is 0 Å². The van der Waals surface area contributed by atoms with E-state index in [1.165, 1.54) is 12.8 Å². The fraction of sp³-hybridized carbons (Fsp3) is 0.750. The minimum absolute atomic E-state index is 0.889. The Hall–Kier alpha value is -0.500. The van der Waals surface area contributed by atoms with Gasteiger partial charge in [0.25, 0.3) is 0 Å². The molecule has 0 aromatic rings. The van der Waals surface area contributed by atoms with Crippen LogP contribution >= 0.6 is 0 Å². The normalized spacial score (nSPS) is 21.6. The quantitative estimate of drug-likeness (QED) is 0.512. The molecule has 0 radical (unpaired) electrons. The molecule has 0 amide bonds. The molecule has 0 aromatic heterocycles. The summed E-state index contributed by atoms with van der Waals surface area (Å²) in [6.07, 6.45) is 7.40. The van der Waals surface area contributed by atoms with Gasteiger partial charge in [-0.3, -0.25) is 0 Å². The Morgan fingerprint density at radius 3 is 2.00 bits per heavy atom. The van der Waals surface area contributed by atoms with Crippen molar-refractivity contribution in [1.29, 1.82) is 0 Å². The van der Waals surface area contributed by atoms with Crippen molar-refractivity contribution in [2.45, 2.75) is 19.3 Å². The zero-order valence-electron chi connectivity index (χ0n) is 6.21. The fourth-order valence-corrected chi connectivity index (χ4v) is 0.851. The lowest BCUT2D eigenvalue weighted by atomic mass is 10.4. The molecule has 0 N–H and O–H groups in total. The molecule has 2 heterocycles. The number of hydrogen-bond donors (Lipinski definition) is 0. The van der Waals surface area contributed by atoms with Crippen molar-refractivity contribution in [2.24, 2.45) is 0 Å². The van der Waals surface area contributed by atoms with E-state index in [9.17, 15) is 0 Å². The molecule has 1 saturated heterocycles. The van der Waals surface area contributed by atoms with Gasteiger partial charge in [0.2, 0.25) is 0 Å². The van der Waals surface area contributed by atoms with Crippen LogP contribution in [0.25, 0.3) is 0 Å². The molecule has 1 fully saturated rings. The SMILES string of the molecule is C1=COCC1.C1CCOC1. The van der Waals surface area contributed by atoms with E-state index in [-0.39, 0.29) is 0 Å². The highest BCUT2D eigenvalue weighted by atomic mass is 16.5. The molecule has 0 unspecified atom stereocenters. The monoisotopic (exact) mass is 142 g/mol. The highest BCUT2D eigenvalue weighted by Gasteiger charge is 1.94. The Morgan fingerprint density at radius 1 is 1.00 bits per heavy atom. The summed E-state index contributed by atoms with van der Waals surface area (Å²) in [5.74, 6) is 0. The molecule has 2 rings (SSSR count). The van der Waals surface area contributed by atoms with Crippen molar-refractivity contribution >= 4 is 0 Å². The van der Waals surface area contributed by atoms with Crippen LogP contribution in [0.15, 0.2) is 12.3 Å². The van der Waals surface area contributed by atoms with Crippen molar-refractivity contribution in [3.8, 4) is 0 Å². The highest BCUT2D eigenvalue weighted by Crippen LogP contribution is 1.98. The van der Waals surface area contributed by atoms with E-state index in [0.717, 1.165) is 26.2 Å². The van der Waals surface area contributed by atoms with Crippen molar-refractivity contribution in [1.82, 2.24) is 0 Å². The topological polar surface area (TPSA) is 18.5 Å². The van der Waals surface area contributed by atoms with Gasteiger partial charge in [-0.1, -0.05) is 0 Å². The zero-order valence-corrected chi connectivity index (χ0v) is 6.21. The molecule has 10 heavy (non-hydrogen) atoms. The number of rotatable bonds is 0. The molecule has 0 spiro atoms. The molecule has 0 saturated carbocycles. The molecule has 2 aliphatic rings. The first-order valence-electron chi connectivity index (χ1n) is 3.84. The second kappa shape index (κ2) is 5.30. The van der Waals surface area contributed by atoms with Gasteiger partial charge in [-0.05, 0) is 18.9 Å². The van der Waals surface area contributed by atoms with Crippen LogP contribution in [0.1, 0.15) is 19.3 Å². The Labute approximate surface area is 61.8 Å². The van der Waals surface area contributed by atoms with E-state index in [4.69, 9.17) is 9.47 Å². The van der Waals surface area contributed by atoms with Crippen LogP contribution in [-0.2, 0) is 9.47 Å². The first-order chi connectivity index (χ1) is 5.00. The average molecular weight is 142 g/mol. The van der Waals surface area contributed by atoms with E-state index in [0.29, 0.717) is 0 Å². The maximum Gasteiger partial charge on any atom is 0.0908 e. The minimum atomic E-state index is 0.889. The first-order valence-corrected chi connectivity index (χ1v) is 3.84. The van der Waals surface area contributed by atoms with E-state index < -0.39 is 0 Å². The fourth-order valence-electron chi connectivity index (χ4n) is 0.851. The first kappa shape index (κ1) is 7.61. The lowest BCUT2D eigenvalue weighted by Crippen LogP contribution is -1.74. The summed E-state index contributed by atoms with van der Waals surface area (Å²) in [6.45, 7) is 2.89. The molecule has 0 aliphatic carbocycles. The number of ether oxygens (including phenoxy) is 2. The maximum atomic E-state index is 4.94. The molecular formula is C8H14O2. The Bertz CT molecular complexity index is 81.8. The predicted molar refractivity (Wildman–Crippen MR) is 39.8 cm³/mol. The molecule has 0 aromatic carbocycles. The van der Waals surface area contributed by atoms with Crippen LogP contribution in [0.5, 0.6) is 0 Å². The van der Waals surface area contributed by atoms with Gasteiger partial charge in [0, 0.05) is 19.6 Å². The zero-order chi connectivity index (χ0) is 7.07. The summed E-state index contributed by atoms with van der Waals surface area (Å²) in [5, 5.41) is 0. The third-order valence-electron chi connectivity index (χ3n) is 1.42. The van der Waals surface area contributed by atoms with Gasteiger partial charge in [-0.2, -0.15) is 0 Å². The molecule has 0 atom stereocenters. The van der Waals surface area contributed by atoms with E-state index in [2.05, 4.69) is 0 Å². The molecule has 2 heteroatoms.